The van der Waals surface area contributed by atoms with E-state index in [4.69, 9.17) is 4.42 Å². The van der Waals surface area contributed by atoms with Crippen LogP contribution in [0.15, 0.2) is 39.2 Å². The van der Waals surface area contributed by atoms with Crippen molar-refractivity contribution in [3.05, 3.63) is 44.0 Å². The predicted molar refractivity (Wildman–Crippen MR) is 70.8 cm³/mol. The minimum Gasteiger partial charge on any atom is -0.449 e. The first kappa shape index (κ1) is 11.3. The quantitative estimate of drug-likeness (QED) is 0.528. The Morgan fingerprint density at radius 1 is 1.50 bits per heavy atom. The van der Waals surface area contributed by atoms with Crippen molar-refractivity contribution in [1.29, 1.82) is 0 Å². The summed E-state index contributed by atoms with van der Waals surface area (Å²) in [6, 6.07) is 7.16. The molecule has 0 atom stereocenters. The van der Waals surface area contributed by atoms with Crippen molar-refractivity contribution in [1.82, 2.24) is 5.43 Å². The summed E-state index contributed by atoms with van der Waals surface area (Å²) in [5, 5.41) is 5.64. The van der Waals surface area contributed by atoms with Crippen LogP contribution in [0.5, 0.6) is 0 Å². The van der Waals surface area contributed by atoms with Crippen molar-refractivity contribution < 1.29 is 9.21 Å². The molecule has 2 rings (SSSR count). The van der Waals surface area contributed by atoms with E-state index < -0.39 is 0 Å². The molecule has 0 aliphatic rings. The van der Waals surface area contributed by atoms with Gasteiger partial charge in [0.05, 0.1) is 11.1 Å². The Balaban J connectivity index is 1.93. The van der Waals surface area contributed by atoms with Crippen molar-refractivity contribution in [2.45, 2.75) is 0 Å². The highest BCUT2D eigenvalue weighted by atomic mass is 127. The van der Waals surface area contributed by atoms with E-state index in [-0.39, 0.29) is 5.91 Å². The minimum atomic E-state index is -0.215. The average molecular weight is 346 g/mol. The second kappa shape index (κ2) is 5.26. The Morgan fingerprint density at radius 3 is 3.00 bits per heavy atom. The van der Waals surface area contributed by atoms with E-state index in [0.717, 1.165) is 3.77 Å². The molecule has 0 aromatic carbocycles. The number of carbonyl (C=O) groups excluding carboxylic acids is 1. The Kier molecular flexibility index (Phi) is 3.73. The number of nitrogens with zero attached hydrogens (tertiary/aromatic N) is 1. The number of hydrogen-bond acceptors (Lipinski definition) is 4. The molecular formula is C10H7IN2O2S. The number of carbonyl (C=O) groups is 1. The van der Waals surface area contributed by atoms with Gasteiger partial charge < -0.3 is 4.42 Å². The van der Waals surface area contributed by atoms with Gasteiger partial charge in [0.25, 0.3) is 5.91 Å². The number of hydrazone groups is 1. The second-order valence-electron chi connectivity index (χ2n) is 2.82. The van der Waals surface area contributed by atoms with Crippen LogP contribution in [0.2, 0.25) is 0 Å². The third kappa shape index (κ3) is 2.92. The molecule has 4 nitrogen and oxygen atoms in total. The van der Waals surface area contributed by atoms with Crippen molar-refractivity contribution in [3.8, 4) is 0 Å². The third-order valence-electron chi connectivity index (χ3n) is 1.70. The summed E-state index contributed by atoms with van der Waals surface area (Å²) in [6.45, 7) is 0. The van der Waals surface area contributed by atoms with Crippen molar-refractivity contribution >= 4 is 46.0 Å². The van der Waals surface area contributed by atoms with Crippen molar-refractivity contribution in [2.24, 2.45) is 5.10 Å². The van der Waals surface area contributed by atoms with E-state index in [2.05, 4.69) is 33.1 Å². The minimum absolute atomic E-state index is 0.215. The smallest absolute Gasteiger partial charge is 0.281 e. The fourth-order valence-electron chi connectivity index (χ4n) is 1.02. The van der Waals surface area contributed by atoms with E-state index in [9.17, 15) is 4.79 Å². The fraction of sp³-hybridized carbons (Fsp3) is 0. The molecule has 0 radical (unpaired) electrons. The van der Waals surface area contributed by atoms with Gasteiger partial charge in [0.15, 0.2) is 3.77 Å². The zero-order chi connectivity index (χ0) is 11.4. The molecule has 82 valence electrons. The topological polar surface area (TPSA) is 54.6 Å². The van der Waals surface area contributed by atoms with Gasteiger partial charge in [0, 0.05) is 0 Å². The summed E-state index contributed by atoms with van der Waals surface area (Å²) in [5.74, 6) is 0.392. The highest BCUT2D eigenvalue weighted by Crippen LogP contribution is 2.08. The normalized spacial score (nSPS) is 10.8. The number of thiophene rings is 1. The van der Waals surface area contributed by atoms with Crippen LogP contribution in [0, 0.1) is 3.77 Å². The summed E-state index contributed by atoms with van der Waals surface area (Å²) in [6.07, 6.45) is 1.47. The first-order valence-electron chi connectivity index (χ1n) is 4.38. The molecule has 2 aromatic rings. The zero-order valence-corrected chi connectivity index (χ0v) is 11.0. The molecule has 0 aliphatic carbocycles. The number of furan rings is 1. The predicted octanol–water partition coefficient (Wildman–Crippen LogP) is 2.71. The summed E-state index contributed by atoms with van der Waals surface area (Å²) in [5.41, 5.74) is 2.42. The number of rotatable bonds is 3. The molecular weight excluding hydrogens is 339 g/mol. The van der Waals surface area contributed by atoms with Gasteiger partial charge in [-0.15, -0.1) is 11.3 Å². The SMILES string of the molecule is O=C(NN=Cc1ccc(I)o1)c1cccs1. The van der Waals surface area contributed by atoms with Gasteiger partial charge in [-0.1, -0.05) is 6.07 Å². The van der Waals surface area contributed by atoms with E-state index in [0.29, 0.717) is 10.6 Å². The molecule has 0 aliphatic heterocycles. The van der Waals surface area contributed by atoms with Crippen molar-refractivity contribution in [3.63, 3.8) is 0 Å². The summed E-state index contributed by atoms with van der Waals surface area (Å²) < 4.78 is 6.03. The van der Waals surface area contributed by atoms with Gasteiger partial charge in [-0.25, -0.2) is 5.43 Å². The molecule has 6 heteroatoms. The number of hydrogen-bond donors (Lipinski definition) is 1. The molecule has 0 bridgehead atoms. The molecule has 0 spiro atoms. The van der Waals surface area contributed by atoms with Crippen molar-refractivity contribution in [2.75, 3.05) is 0 Å². The Morgan fingerprint density at radius 2 is 2.38 bits per heavy atom. The van der Waals surface area contributed by atoms with Crippen LogP contribution in [-0.2, 0) is 0 Å². The monoisotopic (exact) mass is 346 g/mol. The molecule has 1 N–H and O–H groups in total. The molecule has 0 fully saturated rings. The van der Waals surface area contributed by atoms with Crippen LogP contribution in [-0.4, -0.2) is 12.1 Å². The van der Waals surface area contributed by atoms with Gasteiger partial charge in [-0.05, 0) is 46.2 Å². The fourth-order valence-corrected chi connectivity index (χ4v) is 2.06. The first-order chi connectivity index (χ1) is 7.75. The molecule has 1 amide bonds. The highest BCUT2D eigenvalue weighted by molar-refractivity contribution is 14.1. The maximum absolute atomic E-state index is 11.5. The van der Waals surface area contributed by atoms with Gasteiger partial charge in [-0.2, -0.15) is 5.10 Å². The van der Waals surface area contributed by atoms with Gasteiger partial charge in [-0.3, -0.25) is 4.79 Å². The first-order valence-corrected chi connectivity index (χ1v) is 6.34. The Labute approximate surface area is 109 Å². The number of amides is 1. The van der Waals surface area contributed by atoms with Gasteiger partial charge in [0.2, 0.25) is 0 Å². The van der Waals surface area contributed by atoms with Gasteiger partial charge >= 0.3 is 0 Å². The van der Waals surface area contributed by atoms with Gasteiger partial charge in [0.1, 0.15) is 5.76 Å². The largest absolute Gasteiger partial charge is 0.449 e. The van der Waals surface area contributed by atoms with Crippen LogP contribution >= 0.6 is 33.9 Å². The van der Waals surface area contributed by atoms with Crippen LogP contribution < -0.4 is 5.43 Å². The van der Waals surface area contributed by atoms with Crippen LogP contribution in [0.4, 0.5) is 0 Å². The Hall–Kier alpha value is -1.15. The zero-order valence-electron chi connectivity index (χ0n) is 8.01. The van der Waals surface area contributed by atoms with Crippen LogP contribution in [0.25, 0.3) is 0 Å². The lowest BCUT2D eigenvalue weighted by Crippen LogP contribution is -2.15. The Bertz CT molecular complexity index is 505. The molecule has 2 aromatic heterocycles. The summed E-state index contributed by atoms with van der Waals surface area (Å²) in [4.78, 5) is 12.1. The molecule has 0 unspecified atom stereocenters. The lowest BCUT2D eigenvalue weighted by Gasteiger charge is -1.93. The second-order valence-corrected chi connectivity index (χ2v) is 4.83. The van der Waals surface area contributed by atoms with E-state index >= 15 is 0 Å². The van der Waals surface area contributed by atoms with E-state index in [1.165, 1.54) is 17.6 Å². The number of halogens is 1. The van der Waals surface area contributed by atoms with E-state index in [1.807, 2.05) is 17.5 Å². The van der Waals surface area contributed by atoms with Crippen LogP contribution in [0.3, 0.4) is 0 Å². The number of nitrogens with one attached hydrogen (secondary N) is 1. The highest BCUT2D eigenvalue weighted by Gasteiger charge is 2.03. The molecule has 0 saturated carbocycles. The van der Waals surface area contributed by atoms with E-state index in [1.54, 1.807) is 12.1 Å². The lowest BCUT2D eigenvalue weighted by atomic mass is 10.4. The maximum atomic E-state index is 11.5. The third-order valence-corrected chi connectivity index (χ3v) is 3.15. The average Bonchev–Trinajstić information content (AvgIpc) is 2.89. The summed E-state index contributed by atoms with van der Waals surface area (Å²) >= 11 is 3.43. The lowest BCUT2D eigenvalue weighted by molar-refractivity contribution is 0.0959. The summed E-state index contributed by atoms with van der Waals surface area (Å²) in [7, 11) is 0. The molecule has 0 saturated heterocycles. The maximum Gasteiger partial charge on any atom is 0.281 e. The molecule has 16 heavy (non-hydrogen) atoms. The standard InChI is InChI=1S/C10H7IN2O2S/c11-9-4-3-7(15-9)6-12-13-10(14)8-2-1-5-16-8/h1-6H,(H,13,14). The molecule has 2 heterocycles. The van der Waals surface area contributed by atoms with Crippen LogP contribution in [0.1, 0.15) is 15.4 Å².